The maximum absolute atomic E-state index is 4.75. The predicted octanol–water partition coefficient (Wildman–Crippen LogP) is 2.91. The minimum atomic E-state index is -2.52. The summed E-state index contributed by atoms with van der Waals surface area (Å²) in [5, 5.41) is 4.08. The predicted molar refractivity (Wildman–Crippen MR) is 120 cm³/mol. The van der Waals surface area contributed by atoms with Gasteiger partial charge in [0.15, 0.2) is 0 Å². The van der Waals surface area contributed by atoms with Crippen LogP contribution in [0.5, 0.6) is 0 Å². The Balaban J connectivity index is 2.09. The molecule has 4 aromatic rings. The zero-order valence-electron chi connectivity index (χ0n) is 16.4. The summed E-state index contributed by atoms with van der Waals surface area (Å²) < 4.78 is 4.56. The second kappa shape index (κ2) is 7.86. The van der Waals surface area contributed by atoms with Crippen molar-refractivity contribution < 1.29 is 0 Å². The number of aryl methyl sites for hydroxylation is 1. The van der Waals surface area contributed by atoms with Crippen molar-refractivity contribution in [3.05, 3.63) is 104 Å². The molecule has 1 aromatic heterocycles. The molecule has 4 rings (SSSR count). The molecule has 0 N–H and O–H groups in total. The van der Waals surface area contributed by atoms with E-state index >= 15 is 0 Å². The normalized spacial score (nSPS) is 11.4. The van der Waals surface area contributed by atoms with Gasteiger partial charge in [-0.3, -0.25) is 0 Å². The van der Waals surface area contributed by atoms with Crippen LogP contribution in [0.1, 0.15) is 6.92 Å². The first-order valence-corrected chi connectivity index (χ1v) is 11.6. The van der Waals surface area contributed by atoms with E-state index in [0.717, 1.165) is 12.4 Å². The van der Waals surface area contributed by atoms with Crippen LogP contribution in [0.2, 0.25) is 0 Å². The van der Waals surface area contributed by atoms with Gasteiger partial charge in [0.1, 0.15) is 5.82 Å². The van der Waals surface area contributed by atoms with E-state index in [4.69, 9.17) is 4.98 Å². The summed E-state index contributed by atoms with van der Waals surface area (Å²) >= 11 is 0. The average molecular weight is 384 g/mol. The molecule has 1 heterocycles. The molecule has 0 fully saturated rings. The number of hydrogen-bond donors (Lipinski definition) is 0. The van der Waals surface area contributed by atoms with E-state index in [9.17, 15) is 0 Å². The van der Waals surface area contributed by atoms with Gasteiger partial charge in [-0.15, -0.1) is 0 Å². The number of hydrogen-bond acceptors (Lipinski definition) is 2. The average Bonchev–Trinajstić information content (AvgIpc) is 3.19. The van der Waals surface area contributed by atoms with E-state index in [1.165, 1.54) is 15.6 Å². The molecule has 0 aliphatic carbocycles. The summed E-state index contributed by atoms with van der Waals surface area (Å²) in [5.74, 6) is 1.02. The lowest BCUT2D eigenvalue weighted by molar-refractivity contribution is 0.913. The standard InChI is InChI=1S/C24H25N3Si/c1-3-27(24-19-26(2)20-25-24)28(21-13-7-4-8-14-21,22-15-9-5-10-16-22)23-17-11-6-12-18-23/h4-20H,3H2,1-2H3. The minimum absolute atomic E-state index is 0.877. The fourth-order valence-electron chi connectivity index (χ4n) is 4.11. The molecule has 0 amide bonds. The summed E-state index contributed by atoms with van der Waals surface area (Å²) in [5.41, 5.74) is 0. The maximum Gasteiger partial charge on any atom is 0.254 e. The lowest BCUT2D eigenvalue weighted by atomic mass is 10.3. The van der Waals surface area contributed by atoms with Crippen LogP contribution in [0, 0.1) is 0 Å². The molecule has 3 nitrogen and oxygen atoms in total. The van der Waals surface area contributed by atoms with Crippen LogP contribution in [-0.2, 0) is 7.05 Å². The SMILES string of the molecule is CCN(c1cn(C)cn1)[Si](c1ccccc1)(c1ccccc1)c1ccccc1. The molecule has 0 saturated carbocycles. The van der Waals surface area contributed by atoms with Crippen LogP contribution in [0.4, 0.5) is 5.82 Å². The highest BCUT2D eigenvalue weighted by molar-refractivity contribution is 7.13. The van der Waals surface area contributed by atoms with Crippen molar-refractivity contribution in [1.82, 2.24) is 9.55 Å². The Labute approximate surface area is 168 Å². The fraction of sp³-hybridized carbons (Fsp3) is 0.125. The summed E-state index contributed by atoms with van der Waals surface area (Å²) in [6.07, 6.45) is 4.01. The van der Waals surface area contributed by atoms with Gasteiger partial charge in [0, 0.05) is 19.8 Å². The van der Waals surface area contributed by atoms with Gasteiger partial charge < -0.3 is 9.13 Å². The molecule has 0 bridgehead atoms. The van der Waals surface area contributed by atoms with Gasteiger partial charge >= 0.3 is 0 Å². The van der Waals surface area contributed by atoms with Crippen LogP contribution in [0.3, 0.4) is 0 Å². The molecule has 0 unspecified atom stereocenters. The Kier molecular flexibility index (Phi) is 5.13. The van der Waals surface area contributed by atoms with Gasteiger partial charge in [-0.2, -0.15) is 0 Å². The summed E-state index contributed by atoms with van der Waals surface area (Å²) in [6, 6.07) is 32.8. The second-order valence-electron chi connectivity index (χ2n) is 6.95. The Hall–Kier alpha value is -3.11. The van der Waals surface area contributed by atoms with E-state index < -0.39 is 8.24 Å². The summed E-state index contributed by atoms with van der Waals surface area (Å²) in [6.45, 7) is 3.10. The molecular weight excluding hydrogens is 358 g/mol. The van der Waals surface area contributed by atoms with Crippen LogP contribution in [-0.4, -0.2) is 24.3 Å². The van der Waals surface area contributed by atoms with E-state index in [1.807, 2.05) is 17.9 Å². The quantitative estimate of drug-likeness (QED) is 0.377. The molecule has 28 heavy (non-hydrogen) atoms. The number of benzene rings is 3. The van der Waals surface area contributed by atoms with E-state index in [-0.39, 0.29) is 0 Å². The number of aromatic nitrogens is 2. The molecule has 0 radical (unpaired) electrons. The van der Waals surface area contributed by atoms with Crippen molar-refractivity contribution in [3.8, 4) is 0 Å². The van der Waals surface area contributed by atoms with E-state index in [2.05, 4.69) is 109 Å². The first kappa shape index (κ1) is 18.3. The van der Waals surface area contributed by atoms with E-state index in [0.29, 0.717) is 0 Å². The molecular formula is C24H25N3Si. The monoisotopic (exact) mass is 383 g/mol. The Morgan fingerprint density at radius 1 is 0.750 bits per heavy atom. The Morgan fingerprint density at radius 2 is 1.18 bits per heavy atom. The highest BCUT2D eigenvalue weighted by Gasteiger charge is 2.46. The molecule has 140 valence electrons. The summed E-state index contributed by atoms with van der Waals surface area (Å²) in [4.78, 5) is 4.75. The van der Waals surface area contributed by atoms with Gasteiger partial charge in [0.25, 0.3) is 8.24 Å². The lowest BCUT2D eigenvalue weighted by Crippen LogP contribution is -2.77. The molecule has 0 spiro atoms. The van der Waals surface area contributed by atoms with Crippen molar-refractivity contribution in [3.63, 3.8) is 0 Å². The van der Waals surface area contributed by atoms with Crippen molar-refractivity contribution >= 4 is 29.6 Å². The fourth-order valence-corrected chi connectivity index (χ4v) is 9.01. The highest BCUT2D eigenvalue weighted by atomic mass is 28.3. The molecule has 0 aliphatic rings. The number of imidazole rings is 1. The first-order chi connectivity index (χ1) is 13.8. The third-order valence-corrected chi connectivity index (χ3v) is 10.1. The highest BCUT2D eigenvalue weighted by Crippen LogP contribution is 2.20. The smallest absolute Gasteiger partial charge is 0.254 e. The van der Waals surface area contributed by atoms with Crippen molar-refractivity contribution in [1.29, 1.82) is 0 Å². The Bertz CT molecular complexity index is 917. The summed E-state index contributed by atoms with van der Waals surface area (Å²) in [7, 11) is -0.494. The van der Waals surface area contributed by atoms with Crippen molar-refractivity contribution in [2.24, 2.45) is 7.05 Å². The van der Waals surface area contributed by atoms with Crippen LogP contribution in [0.15, 0.2) is 104 Å². The molecule has 3 aromatic carbocycles. The van der Waals surface area contributed by atoms with Gasteiger partial charge in [0.05, 0.1) is 6.33 Å². The van der Waals surface area contributed by atoms with Crippen LogP contribution >= 0.6 is 0 Å². The third-order valence-electron chi connectivity index (χ3n) is 5.26. The molecule has 0 saturated heterocycles. The number of nitrogens with zero attached hydrogens (tertiary/aromatic N) is 3. The minimum Gasteiger partial charge on any atom is -0.370 e. The van der Waals surface area contributed by atoms with Gasteiger partial charge in [-0.1, -0.05) is 91.0 Å². The van der Waals surface area contributed by atoms with E-state index in [1.54, 1.807) is 0 Å². The van der Waals surface area contributed by atoms with Crippen molar-refractivity contribution in [2.45, 2.75) is 6.92 Å². The number of rotatable bonds is 6. The molecule has 0 aliphatic heterocycles. The molecule has 0 atom stereocenters. The van der Waals surface area contributed by atoms with Gasteiger partial charge in [-0.05, 0) is 22.5 Å². The van der Waals surface area contributed by atoms with Gasteiger partial charge in [0.2, 0.25) is 0 Å². The van der Waals surface area contributed by atoms with Crippen LogP contribution < -0.4 is 20.1 Å². The van der Waals surface area contributed by atoms with Crippen molar-refractivity contribution in [2.75, 3.05) is 11.1 Å². The molecule has 4 heteroatoms. The Morgan fingerprint density at radius 3 is 1.50 bits per heavy atom. The topological polar surface area (TPSA) is 21.1 Å². The largest absolute Gasteiger partial charge is 0.370 e. The zero-order valence-corrected chi connectivity index (χ0v) is 17.4. The zero-order chi connectivity index (χ0) is 19.4. The van der Waals surface area contributed by atoms with Crippen LogP contribution in [0.25, 0.3) is 0 Å². The lowest BCUT2D eigenvalue weighted by Gasteiger charge is -2.43. The first-order valence-electron chi connectivity index (χ1n) is 9.69. The maximum atomic E-state index is 4.75. The van der Waals surface area contributed by atoms with Gasteiger partial charge in [-0.25, -0.2) is 4.98 Å². The third kappa shape index (κ3) is 3.06. The second-order valence-corrected chi connectivity index (χ2v) is 10.6. The number of anilines is 1.